The Morgan fingerprint density at radius 1 is 1.00 bits per heavy atom. The summed E-state index contributed by atoms with van der Waals surface area (Å²) in [5.74, 6) is 1.41. The average molecular weight is 197 g/mol. The third-order valence-electron chi connectivity index (χ3n) is 3.65. The van der Waals surface area contributed by atoms with Gasteiger partial charge in [0.2, 0.25) is 0 Å². The number of allylic oxidation sites excluding steroid dienone is 1. The van der Waals surface area contributed by atoms with Gasteiger partial charge in [-0.3, -0.25) is 0 Å². The Labute approximate surface area is 92.0 Å². The van der Waals surface area contributed by atoms with Crippen LogP contribution in [0.5, 0.6) is 0 Å². The molecule has 77 valence electrons. The highest BCUT2D eigenvalue weighted by Crippen LogP contribution is 2.40. The van der Waals surface area contributed by atoms with Gasteiger partial charge in [0.25, 0.3) is 0 Å². The molecule has 0 fully saturated rings. The fourth-order valence-corrected chi connectivity index (χ4v) is 2.92. The summed E-state index contributed by atoms with van der Waals surface area (Å²) in [6.45, 7) is 6.93. The van der Waals surface area contributed by atoms with E-state index in [4.69, 9.17) is 0 Å². The van der Waals surface area contributed by atoms with Crippen LogP contribution in [-0.2, 0) is 12.8 Å². The Kier molecular flexibility index (Phi) is 1.69. The van der Waals surface area contributed by atoms with Gasteiger partial charge in [-0.25, -0.2) is 0 Å². The molecule has 1 aromatic carbocycles. The molecule has 0 N–H and O–H groups in total. The summed E-state index contributed by atoms with van der Waals surface area (Å²) in [7, 11) is 0. The molecular formula is C15H17. The molecular weight excluding hydrogens is 180 g/mol. The van der Waals surface area contributed by atoms with Gasteiger partial charge in [0.1, 0.15) is 0 Å². The highest BCUT2D eigenvalue weighted by atomic mass is 14.3. The molecule has 0 spiro atoms. The second kappa shape index (κ2) is 2.75. The van der Waals surface area contributed by atoms with Crippen molar-refractivity contribution < 1.29 is 0 Å². The molecule has 15 heavy (non-hydrogen) atoms. The summed E-state index contributed by atoms with van der Waals surface area (Å²) < 4.78 is 0. The first kappa shape index (κ1) is 9.21. The molecule has 0 saturated carbocycles. The Balaban J connectivity index is 2.11. The van der Waals surface area contributed by atoms with Crippen LogP contribution in [0.25, 0.3) is 6.08 Å². The largest absolute Gasteiger partial charge is 0.0724 e. The molecule has 0 heterocycles. The van der Waals surface area contributed by atoms with E-state index in [1.54, 1.807) is 11.1 Å². The van der Waals surface area contributed by atoms with Gasteiger partial charge in [-0.2, -0.15) is 0 Å². The highest BCUT2D eigenvalue weighted by Gasteiger charge is 2.30. The van der Waals surface area contributed by atoms with Crippen LogP contribution >= 0.6 is 0 Å². The lowest BCUT2D eigenvalue weighted by molar-refractivity contribution is 0.392. The molecule has 0 aliphatic heterocycles. The Bertz CT molecular complexity index is 449. The van der Waals surface area contributed by atoms with E-state index in [1.807, 2.05) is 0 Å². The molecule has 1 radical (unpaired) electrons. The van der Waals surface area contributed by atoms with E-state index in [2.05, 4.69) is 45.1 Å². The van der Waals surface area contributed by atoms with Crippen molar-refractivity contribution in [3.8, 4) is 0 Å². The summed E-state index contributed by atoms with van der Waals surface area (Å²) in [5.41, 5.74) is 6.48. The fraction of sp³-hybridized carbons (Fsp3) is 0.400. The quantitative estimate of drug-likeness (QED) is 0.593. The van der Waals surface area contributed by atoms with E-state index in [0.717, 1.165) is 0 Å². The topological polar surface area (TPSA) is 0 Å². The molecule has 0 heteroatoms. The first-order chi connectivity index (χ1) is 7.05. The molecule has 0 atom stereocenters. The number of hydrogen-bond donors (Lipinski definition) is 0. The fourth-order valence-electron chi connectivity index (χ4n) is 2.92. The predicted octanol–water partition coefficient (Wildman–Crippen LogP) is 3.78. The van der Waals surface area contributed by atoms with E-state index in [-0.39, 0.29) is 0 Å². The first-order valence-corrected chi connectivity index (χ1v) is 5.73. The zero-order valence-corrected chi connectivity index (χ0v) is 9.72. The lowest BCUT2D eigenvalue weighted by Crippen LogP contribution is -2.09. The molecule has 0 unspecified atom stereocenters. The van der Waals surface area contributed by atoms with Crippen LogP contribution in [0.1, 0.15) is 43.0 Å². The second-order valence-corrected chi connectivity index (χ2v) is 5.74. The van der Waals surface area contributed by atoms with E-state index >= 15 is 0 Å². The lowest BCUT2D eigenvalue weighted by Gasteiger charge is -2.14. The van der Waals surface area contributed by atoms with Crippen molar-refractivity contribution in [2.24, 2.45) is 5.41 Å². The predicted molar refractivity (Wildman–Crippen MR) is 64.7 cm³/mol. The molecule has 0 bridgehead atoms. The molecule has 0 amide bonds. The maximum Gasteiger partial charge on any atom is 0.0242 e. The van der Waals surface area contributed by atoms with Crippen LogP contribution in [0.2, 0.25) is 0 Å². The van der Waals surface area contributed by atoms with E-state index in [1.165, 1.54) is 29.9 Å². The Morgan fingerprint density at radius 3 is 2.40 bits per heavy atom. The third kappa shape index (κ3) is 1.35. The number of rotatable bonds is 0. The SMILES string of the molecule is C[C]1C=Cc2cc3c(cc21)CC(C)(C)C3. The van der Waals surface area contributed by atoms with Gasteiger partial charge in [0.15, 0.2) is 0 Å². The monoisotopic (exact) mass is 197 g/mol. The van der Waals surface area contributed by atoms with E-state index < -0.39 is 0 Å². The maximum atomic E-state index is 2.41. The number of hydrogen-bond acceptors (Lipinski definition) is 0. The summed E-state index contributed by atoms with van der Waals surface area (Å²) in [6.07, 6.45) is 6.95. The van der Waals surface area contributed by atoms with Crippen molar-refractivity contribution in [2.75, 3.05) is 0 Å². The van der Waals surface area contributed by atoms with E-state index in [0.29, 0.717) is 5.41 Å². The second-order valence-electron chi connectivity index (χ2n) is 5.74. The van der Waals surface area contributed by atoms with Crippen LogP contribution < -0.4 is 0 Å². The molecule has 2 aliphatic rings. The minimum absolute atomic E-state index is 0.467. The minimum atomic E-state index is 0.467. The maximum absolute atomic E-state index is 2.41. The summed E-state index contributed by atoms with van der Waals surface area (Å²) in [5, 5.41) is 0. The van der Waals surface area contributed by atoms with Crippen molar-refractivity contribution in [1.82, 2.24) is 0 Å². The van der Waals surface area contributed by atoms with Crippen LogP contribution in [0.3, 0.4) is 0 Å². The van der Waals surface area contributed by atoms with Crippen molar-refractivity contribution in [3.63, 3.8) is 0 Å². The molecule has 3 rings (SSSR count). The van der Waals surface area contributed by atoms with Crippen molar-refractivity contribution in [3.05, 3.63) is 46.4 Å². The Hall–Kier alpha value is -1.04. The summed E-state index contributed by atoms with van der Waals surface area (Å²) in [6, 6.07) is 4.81. The highest BCUT2D eigenvalue weighted by molar-refractivity contribution is 5.70. The molecule has 1 aromatic rings. The minimum Gasteiger partial charge on any atom is -0.0724 e. The van der Waals surface area contributed by atoms with Gasteiger partial charge < -0.3 is 0 Å². The molecule has 0 nitrogen and oxygen atoms in total. The number of benzene rings is 1. The van der Waals surface area contributed by atoms with Crippen molar-refractivity contribution >= 4 is 6.08 Å². The van der Waals surface area contributed by atoms with Crippen LogP contribution in [0, 0.1) is 11.3 Å². The Morgan fingerprint density at radius 2 is 1.67 bits per heavy atom. The zero-order valence-electron chi connectivity index (χ0n) is 9.72. The van der Waals surface area contributed by atoms with Crippen molar-refractivity contribution in [2.45, 2.75) is 33.6 Å². The van der Waals surface area contributed by atoms with E-state index in [9.17, 15) is 0 Å². The summed E-state index contributed by atoms with van der Waals surface area (Å²) >= 11 is 0. The van der Waals surface area contributed by atoms with Crippen LogP contribution in [0.15, 0.2) is 18.2 Å². The molecule has 2 aliphatic carbocycles. The van der Waals surface area contributed by atoms with Gasteiger partial charge in [-0.1, -0.05) is 45.1 Å². The van der Waals surface area contributed by atoms with Crippen LogP contribution in [-0.4, -0.2) is 0 Å². The van der Waals surface area contributed by atoms with Gasteiger partial charge in [-0.15, -0.1) is 0 Å². The van der Waals surface area contributed by atoms with Gasteiger partial charge >= 0.3 is 0 Å². The van der Waals surface area contributed by atoms with Crippen LogP contribution in [0.4, 0.5) is 0 Å². The smallest absolute Gasteiger partial charge is 0.0242 e. The van der Waals surface area contributed by atoms with Gasteiger partial charge in [-0.05, 0) is 40.5 Å². The normalized spacial score (nSPS) is 21.8. The number of fused-ring (bicyclic) bond motifs is 2. The molecule has 0 saturated heterocycles. The third-order valence-corrected chi connectivity index (χ3v) is 3.65. The van der Waals surface area contributed by atoms with Gasteiger partial charge in [0, 0.05) is 5.92 Å². The van der Waals surface area contributed by atoms with Gasteiger partial charge in [0.05, 0.1) is 0 Å². The first-order valence-electron chi connectivity index (χ1n) is 5.73. The average Bonchev–Trinajstić information content (AvgIpc) is 2.62. The lowest BCUT2D eigenvalue weighted by atomic mass is 9.90. The zero-order chi connectivity index (χ0) is 10.6. The molecule has 0 aromatic heterocycles. The standard InChI is InChI=1S/C15H17/c1-10-4-5-11-6-12-8-15(2,3)9-13(12)7-14(10)11/h4-7H,8-9H2,1-3H3. The summed E-state index contributed by atoms with van der Waals surface area (Å²) in [4.78, 5) is 0. The van der Waals surface area contributed by atoms with Crippen molar-refractivity contribution in [1.29, 1.82) is 0 Å².